The molecule has 0 amide bonds. The van der Waals surface area contributed by atoms with Crippen LogP contribution in [0.15, 0.2) is 22.7 Å². The fourth-order valence-corrected chi connectivity index (χ4v) is 2.78. The third-order valence-corrected chi connectivity index (χ3v) is 4.11. The van der Waals surface area contributed by atoms with E-state index in [1.54, 1.807) is 7.11 Å². The van der Waals surface area contributed by atoms with E-state index in [1.165, 1.54) is 5.56 Å². The molecule has 3 nitrogen and oxygen atoms in total. The summed E-state index contributed by atoms with van der Waals surface area (Å²) >= 11 is 3.50. The van der Waals surface area contributed by atoms with Gasteiger partial charge in [0.05, 0.1) is 18.2 Å². The number of benzene rings is 1. The Balaban J connectivity index is 2.59. The highest BCUT2D eigenvalue weighted by Gasteiger charge is 2.17. The first-order chi connectivity index (χ1) is 8.99. The summed E-state index contributed by atoms with van der Waals surface area (Å²) in [5.74, 6) is 1.31. The van der Waals surface area contributed by atoms with Crippen molar-refractivity contribution in [3.8, 4) is 5.75 Å². The van der Waals surface area contributed by atoms with Gasteiger partial charge in [0.15, 0.2) is 0 Å². The SMILES string of the molecule is COc1ccc(CCN(C)C(CO)C(C)C)cc1Br. The minimum atomic E-state index is 0.209. The van der Waals surface area contributed by atoms with Gasteiger partial charge in [0.2, 0.25) is 0 Å². The Morgan fingerprint density at radius 2 is 2.05 bits per heavy atom. The zero-order chi connectivity index (χ0) is 14.4. The minimum Gasteiger partial charge on any atom is -0.496 e. The molecular formula is C15H24BrNO2. The highest BCUT2D eigenvalue weighted by molar-refractivity contribution is 9.10. The third kappa shape index (κ3) is 4.79. The Morgan fingerprint density at radius 1 is 1.37 bits per heavy atom. The predicted molar refractivity (Wildman–Crippen MR) is 82.7 cm³/mol. The van der Waals surface area contributed by atoms with E-state index in [0.717, 1.165) is 23.2 Å². The topological polar surface area (TPSA) is 32.7 Å². The van der Waals surface area contributed by atoms with E-state index in [2.05, 4.69) is 53.9 Å². The molecule has 0 fully saturated rings. The molecule has 0 aliphatic heterocycles. The lowest BCUT2D eigenvalue weighted by atomic mass is 10.0. The van der Waals surface area contributed by atoms with Crippen LogP contribution in [-0.4, -0.2) is 43.4 Å². The van der Waals surface area contributed by atoms with Crippen LogP contribution in [0.25, 0.3) is 0 Å². The minimum absolute atomic E-state index is 0.209. The van der Waals surface area contributed by atoms with E-state index in [1.807, 2.05) is 6.07 Å². The molecule has 0 aliphatic carbocycles. The number of nitrogens with zero attached hydrogens (tertiary/aromatic N) is 1. The Labute approximate surface area is 124 Å². The largest absolute Gasteiger partial charge is 0.496 e. The van der Waals surface area contributed by atoms with Gasteiger partial charge in [-0.1, -0.05) is 19.9 Å². The van der Waals surface area contributed by atoms with E-state index in [4.69, 9.17) is 4.74 Å². The number of aliphatic hydroxyl groups is 1. The molecule has 0 aliphatic rings. The molecule has 108 valence electrons. The molecule has 0 saturated heterocycles. The Morgan fingerprint density at radius 3 is 2.53 bits per heavy atom. The number of methoxy groups -OCH3 is 1. The zero-order valence-electron chi connectivity index (χ0n) is 12.2. The van der Waals surface area contributed by atoms with Gasteiger partial charge in [0.25, 0.3) is 0 Å². The summed E-state index contributed by atoms with van der Waals surface area (Å²) in [6.07, 6.45) is 0.961. The highest BCUT2D eigenvalue weighted by Crippen LogP contribution is 2.25. The van der Waals surface area contributed by atoms with Gasteiger partial charge in [-0.25, -0.2) is 0 Å². The lowest BCUT2D eigenvalue weighted by Crippen LogP contribution is -2.39. The van der Waals surface area contributed by atoms with Crippen LogP contribution < -0.4 is 4.74 Å². The summed E-state index contributed by atoms with van der Waals surface area (Å²) in [6.45, 7) is 5.42. The molecule has 4 heteroatoms. The van der Waals surface area contributed by atoms with Crippen LogP contribution in [0, 0.1) is 5.92 Å². The number of halogens is 1. The lowest BCUT2D eigenvalue weighted by molar-refractivity contribution is 0.114. The first-order valence-electron chi connectivity index (χ1n) is 6.63. The van der Waals surface area contributed by atoms with Crippen LogP contribution in [0.1, 0.15) is 19.4 Å². The van der Waals surface area contributed by atoms with Crippen molar-refractivity contribution in [2.75, 3.05) is 27.3 Å². The molecule has 19 heavy (non-hydrogen) atoms. The highest BCUT2D eigenvalue weighted by atomic mass is 79.9. The number of hydrogen-bond donors (Lipinski definition) is 1. The van der Waals surface area contributed by atoms with E-state index >= 15 is 0 Å². The average molecular weight is 330 g/mol. The van der Waals surface area contributed by atoms with Gasteiger partial charge in [-0.15, -0.1) is 0 Å². The van der Waals surface area contributed by atoms with Crippen LogP contribution in [0.3, 0.4) is 0 Å². The molecule has 1 rings (SSSR count). The van der Waals surface area contributed by atoms with Crippen molar-refractivity contribution in [2.24, 2.45) is 5.92 Å². The van der Waals surface area contributed by atoms with Crippen molar-refractivity contribution < 1.29 is 9.84 Å². The number of aliphatic hydroxyl groups excluding tert-OH is 1. The molecule has 0 heterocycles. The van der Waals surface area contributed by atoms with E-state index in [0.29, 0.717) is 5.92 Å². The van der Waals surface area contributed by atoms with Crippen molar-refractivity contribution in [3.63, 3.8) is 0 Å². The molecule has 0 saturated carbocycles. The van der Waals surface area contributed by atoms with Crippen molar-refractivity contribution in [2.45, 2.75) is 26.3 Å². The maximum atomic E-state index is 9.41. The van der Waals surface area contributed by atoms with E-state index < -0.39 is 0 Å². The number of ether oxygens (including phenoxy) is 1. The summed E-state index contributed by atoms with van der Waals surface area (Å²) in [6, 6.07) is 6.38. The van der Waals surface area contributed by atoms with Gasteiger partial charge in [-0.05, 0) is 53.0 Å². The first-order valence-corrected chi connectivity index (χ1v) is 7.42. The second-order valence-electron chi connectivity index (χ2n) is 5.19. The fourth-order valence-electron chi connectivity index (χ4n) is 2.20. The number of likely N-dealkylation sites (N-methyl/N-ethyl adjacent to an activating group) is 1. The molecule has 0 aromatic heterocycles. The molecule has 1 aromatic carbocycles. The number of rotatable bonds is 7. The second-order valence-corrected chi connectivity index (χ2v) is 6.05. The van der Waals surface area contributed by atoms with Gasteiger partial charge >= 0.3 is 0 Å². The summed E-state index contributed by atoms with van der Waals surface area (Å²) in [7, 11) is 3.74. The van der Waals surface area contributed by atoms with Crippen LogP contribution in [0.5, 0.6) is 5.75 Å². The molecular weight excluding hydrogens is 306 g/mol. The maximum Gasteiger partial charge on any atom is 0.133 e. The van der Waals surface area contributed by atoms with Crippen molar-refractivity contribution in [1.29, 1.82) is 0 Å². The Kier molecular flexibility index (Phi) is 6.83. The summed E-state index contributed by atoms with van der Waals surface area (Å²) < 4.78 is 6.21. The maximum absolute atomic E-state index is 9.41. The van der Waals surface area contributed by atoms with Gasteiger partial charge in [0, 0.05) is 12.6 Å². The van der Waals surface area contributed by atoms with E-state index in [9.17, 15) is 5.11 Å². The molecule has 1 N–H and O–H groups in total. The van der Waals surface area contributed by atoms with Crippen molar-refractivity contribution >= 4 is 15.9 Å². The summed E-state index contributed by atoms with van der Waals surface area (Å²) in [4.78, 5) is 2.23. The van der Waals surface area contributed by atoms with Crippen LogP contribution >= 0.6 is 15.9 Å². The Hall–Kier alpha value is -0.580. The van der Waals surface area contributed by atoms with Crippen LogP contribution in [-0.2, 0) is 6.42 Å². The monoisotopic (exact) mass is 329 g/mol. The third-order valence-electron chi connectivity index (χ3n) is 3.49. The molecule has 0 spiro atoms. The second kappa shape index (κ2) is 7.88. The van der Waals surface area contributed by atoms with Gasteiger partial charge in [-0.2, -0.15) is 0 Å². The molecule has 0 radical (unpaired) electrons. The van der Waals surface area contributed by atoms with Gasteiger partial charge < -0.3 is 14.7 Å². The van der Waals surface area contributed by atoms with Gasteiger partial charge in [0.1, 0.15) is 5.75 Å². The fraction of sp³-hybridized carbons (Fsp3) is 0.600. The van der Waals surface area contributed by atoms with Crippen molar-refractivity contribution in [1.82, 2.24) is 4.90 Å². The normalized spacial score (nSPS) is 13.1. The Bertz CT molecular complexity index is 396. The summed E-state index contributed by atoms with van der Waals surface area (Å²) in [5, 5.41) is 9.41. The lowest BCUT2D eigenvalue weighted by Gasteiger charge is -2.29. The first kappa shape index (κ1) is 16.5. The molecule has 1 aromatic rings. The smallest absolute Gasteiger partial charge is 0.133 e. The predicted octanol–water partition coefficient (Wildman–Crippen LogP) is 2.95. The standard InChI is InChI=1S/C15H24BrNO2/c1-11(2)14(10-18)17(3)8-7-12-5-6-15(19-4)13(16)9-12/h5-6,9,11,14,18H,7-8,10H2,1-4H3. The van der Waals surface area contributed by atoms with Crippen molar-refractivity contribution in [3.05, 3.63) is 28.2 Å². The quantitative estimate of drug-likeness (QED) is 0.834. The van der Waals surface area contributed by atoms with Gasteiger partial charge in [-0.3, -0.25) is 0 Å². The summed E-state index contributed by atoms with van der Waals surface area (Å²) in [5.41, 5.74) is 1.26. The number of hydrogen-bond acceptors (Lipinski definition) is 3. The van der Waals surface area contributed by atoms with Crippen LogP contribution in [0.2, 0.25) is 0 Å². The van der Waals surface area contributed by atoms with E-state index in [-0.39, 0.29) is 12.6 Å². The molecule has 1 unspecified atom stereocenters. The average Bonchev–Trinajstić information content (AvgIpc) is 2.37. The zero-order valence-corrected chi connectivity index (χ0v) is 13.8. The molecule has 0 bridgehead atoms. The van der Waals surface area contributed by atoms with Crippen LogP contribution in [0.4, 0.5) is 0 Å². The molecule has 1 atom stereocenters.